The van der Waals surface area contributed by atoms with Crippen LogP contribution in [0.2, 0.25) is 0 Å². The van der Waals surface area contributed by atoms with Crippen molar-refractivity contribution in [3.63, 3.8) is 0 Å². The van der Waals surface area contributed by atoms with Gasteiger partial charge in [0, 0.05) is 18.3 Å². The lowest BCUT2D eigenvalue weighted by Crippen LogP contribution is -2.35. The molecule has 1 heterocycles. The standard InChI is InChI=1S/C12H19N3O/c1-9-12(15-7-6-14-9)16-11-5-3-2-4-10(11)8-13/h6-7,10-11H,2-5,8,13H2,1H3. The van der Waals surface area contributed by atoms with Crippen molar-refractivity contribution in [2.24, 2.45) is 11.7 Å². The second-order valence-electron chi connectivity index (χ2n) is 4.38. The first kappa shape index (κ1) is 11.3. The van der Waals surface area contributed by atoms with E-state index in [2.05, 4.69) is 9.97 Å². The highest BCUT2D eigenvalue weighted by atomic mass is 16.5. The Morgan fingerprint density at radius 1 is 1.31 bits per heavy atom. The molecular formula is C12H19N3O. The first-order valence-electron chi connectivity index (χ1n) is 5.95. The maximum Gasteiger partial charge on any atom is 0.235 e. The fourth-order valence-electron chi connectivity index (χ4n) is 2.25. The largest absolute Gasteiger partial charge is 0.473 e. The fraction of sp³-hybridized carbons (Fsp3) is 0.667. The minimum atomic E-state index is 0.217. The highest BCUT2D eigenvalue weighted by Gasteiger charge is 2.26. The highest BCUT2D eigenvalue weighted by Crippen LogP contribution is 2.27. The summed E-state index contributed by atoms with van der Waals surface area (Å²) in [7, 11) is 0. The van der Waals surface area contributed by atoms with Crippen molar-refractivity contribution >= 4 is 0 Å². The molecule has 2 rings (SSSR count). The first-order chi connectivity index (χ1) is 7.81. The van der Waals surface area contributed by atoms with Gasteiger partial charge in [0.1, 0.15) is 6.10 Å². The average molecular weight is 221 g/mol. The van der Waals surface area contributed by atoms with E-state index in [0.717, 1.165) is 12.1 Å². The van der Waals surface area contributed by atoms with Crippen LogP contribution in [0, 0.1) is 12.8 Å². The zero-order chi connectivity index (χ0) is 11.4. The molecule has 1 fully saturated rings. The molecule has 2 N–H and O–H groups in total. The summed E-state index contributed by atoms with van der Waals surface area (Å²) in [6, 6.07) is 0. The number of aryl methyl sites for hydroxylation is 1. The SMILES string of the molecule is Cc1nccnc1OC1CCCCC1CN. The van der Waals surface area contributed by atoms with E-state index in [4.69, 9.17) is 10.5 Å². The Morgan fingerprint density at radius 2 is 2.06 bits per heavy atom. The van der Waals surface area contributed by atoms with Crippen molar-refractivity contribution in [2.45, 2.75) is 38.7 Å². The first-order valence-corrected chi connectivity index (χ1v) is 5.95. The molecule has 1 aromatic heterocycles. The molecule has 88 valence electrons. The van der Waals surface area contributed by atoms with E-state index in [-0.39, 0.29) is 6.10 Å². The van der Waals surface area contributed by atoms with Crippen molar-refractivity contribution in [3.8, 4) is 5.88 Å². The van der Waals surface area contributed by atoms with Gasteiger partial charge in [-0.3, -0.25) is 4.98 Å². The maximum atomic E-state index is 5.94. The fourth-order valence-corrected chi connectivity index (χ4v) is 2.25. The van der Waals surface area contributed by atoms with Gasteiger partial charge in [0.25, 0.3) is 0 Å². The molecule has 4 nitrogen and oxygen atoms in total. The average Bonchev–Trinajstić information content (AvgIpc) is 2.33. The van der Waals surface area contributed by atoms with E-state index in [1.165, 1.54) is 19.3 Å². The van der Waals surface area contributed by atoms with Crippen LogP contribution in [-0.4, -0.2) is 22.6 Å². The molecule has 0 radical (unpaired) electrons. The summed E-state index contributed by atoms with van der Waals surface area (Å²) in [6.45, 7) is 2.62. The molecule has 1 saturated carbocycles. The Kier molecular flexibility index (Phi) is 3.72. The lowest BCUT2D eigenvalue weighted by Gasteiger charge is -2.30. The Hall–Kier alpha value is -1.16. The summed E-state index contributed by atoms with van der Waals surface area (Å²) in [5.41, 5.74) is 6.62. The Bertz CT molecular complexity index is 343. The van der Waals surface area contributed by atoms with Crippen LogP contribution in [0.15, 0.2) is 12.4 Å². The van der Waals surface area contributed by atoms with E-state index >= 15 is 0 Å². The van der Waals surface area contributed by atoms with Crippen LogP contribution in [0.1, 0.15) is 31.4 Å². The van der Waals surface area contributed by atoms with Gasteiger partial charge < -0.3 is 10.5 Å². The number of nitrogens with zero attached hydrogens (tertiary/aromatic N) is 2. The molecule has 0 spiro atoms. The van der Waals surface area contributed by atoms with E-state index in [1.807, 2.05) is 6.92 Å². The third-order valence-corrected chi connectivity index (χ3v) is 3.24. The molecule has 2 atom stereocenters. The van der Waals surface area contributed by atoms with Crippen LogP contribution in [-0.2, 0) is 0 Å². The van der Waals surface area contributed by atoms with Gasteiger partial charge in [-0.25, -0.2) is 4.98 Å². The molecule has 0 saturated heterocycles. The molecular weight excluding hydrogens is 202 g/mol. The van der Waals surface area contributed by atoms with Crippen molar-refractivity contribution in [3.05, 3.63) is 18.1 Å². The molecule has 0 amide bonds. The number of aromatic nitrogens is 2. The molecule has 4 heteroatoms. The van der Waals surface area contributed by atoms with Crippen LogP contribution in [0.5, 0.6) is 5.88 Å². The van der Waals surface area contributed by atoms with Gasteiger partial charge in [0.15, 0.2) is 0 Å². The molecule has 16 heavy (non-hydrogen) atoms. The number of ether oxygens (including phenoxy) is 1. The number of hydrogen-bond acceptors (Lipinski definition) is 4. The summed E-state index contributed by atoms with van der Waals surface area (Å²) in [5.74, 6) is 1.13. The van der Waals surface area contributed by atoms with Gasteiger partial charge in [-0.2, -0.15) is 0 Å². The van der Waals surface area contributed by atoms with Crippen molar-refractivity contribution < 1.29 is 4.74 Å². The van der Waals surface area contributed by atoms with Gasteiger partial charge in [-0.15, -0.1) is 0 Å². The summed E-state index contributed by atoms with van der Waals surface area (Å²) < 4.78 is 5.94. The van der Waals surface area contributed by atoms with Gasteiger partial charge in [0.2, 0.25) is 5.88 Å². The molecule has 1 aliphatic rings. The minimum Gasteiger partial charge on any atom is -0.473 e. The summed E-state index contributed by atoms with van der Waals surface area (Å²) in [6.07, 6.45) is 8.31. The number of nitrogens with two attached hydrogens (primary N) is 1. The van der Waals surface area contributed by atoms with Gasteiger partial charge >= 0.3 is 0 Å². The van der Waals surface area contributed by atoms with Crippen LogP contribution in [0.25, 0.3) is 0 Å². The predicted octanol–water partition coefficient (Wildman–Crippen LogP) is 1.68. The Balaban J connectivity index is 2.05. The van der Waals surface area contributed by atoms with E-state index < -0.39 is 0 Å². The topological polar surface area (TPSA) is 61.0 Å². The lowest BCUT2D eigenvalue weighted by atomic mass is 9.86. The predicted molar refractivity (Wildman–Crippen MR) is 62.2 cm³/mol. The molecule has 0 aliphatic heterocycles. The molecule has 0 bridgehead atoms. The smallest absolute Gasteiger partial charge is 0.235 e. The Labute approximate surface area is 96.2 Å². The monoisotopic (exact) mass is 221 g/mol. The van der Waals surface area contributed by atoms with E-state index in [9.17, 15) is 0 Å². The molecule has 1 aromatic rings. The van der Waals surface area contributed by atoms with Crippen molar-refractivity contribution in [2.75, 3.05) is 6.54 Å². The highest BCUT2D eigenvalue weighted by molar-refractivity contribution is 5.15. The minimum absolute atomic E-state index is 0.217. The van der Waals surface area contributed by atoms with E-state index in [1.54, 1.807) is 12.4 Å². The molecule has 2 unspecified atom stereocenters. The number of rotatable bonds is 3. The van der Waals surface area contributed by atoms with Crippen LogP contribution in [0.3, 0.4) is 0 Å². The Morgan fingerprint density at radius 3 is 2.81 bits per heavy atom. The third kappa shape index (κ3) is 2.50. The van der Waals surface area contributed by atoms with Gasteiger partial charge in [0.05, 0.1) is 5.69 Å². The third-order valence-electron chi connectivity index (χ3n) is 3.24. The second kappa shape index (κ2) is 5.25. The summed E-state index contributed by atoms with van der Waals surface area (Å²) in [4.78, 5) is 8.39. The summed E-state index contributed by atoms with van der Waals surface area (Å²) >= 11 is 0. The van der Waals surface area contributed by atoms with Crippen LogP contribution >= 0.6 is 0 Å². The zero-order valence-electron chi connectivity index (χ0n) is 9.72. The van der Waals surface area contributed by atoms with Crippen LogP contribution in [0.4, 0.5) is 0 Å². The molecule has 1 aliphatic carbocycles. The number of hydrogen-bond donors (Lipinski definition) is 1. The van der Waals surface area contributed by atoms with Crippen molar-refractivity contribution in [1.82, 2.24) is 9.97 Å². The second-order valence-corrected chi connectivity index (χ2v) is 4.38. The van der Waals surface area contributed by atoms with Crippen LogP contribution < -0.4 is 10.5 Å². The molecule has 0 aromatic carbocycles. The maximum absolute atomic E-state index is 5.94. The van der Waals surface area contributed by atoms with Gasteiger partial charge in [-0.05, 0) is 32.7 Å². The quantitative estimate of drug-likeness (QED) is 0.843. The van der Waals surface area contributed by atoms with Gasteiger partial charge in [-0.1, -0.05) is 6.42 Å². The van der Waals surface area contributed by atoms with E-state index in [0.29, 0.717) is 18.3 Å². The zero-order valence-corrected chi connectivity index (χ0v) is 9.72. The van der Waals surface area contributed by atoms with Crippen molar-refractivity contribution in [1.29, 1.82) is 0 Å². The normalized spacial score (nSPS) is 25.4. The lowest BCUT2D eigenvalue weighted by molar-refractivity contribution is 0.0910. The summed E-state index contributed by atoms with van der Waals surface area (Å²) in [5, 5.41) is 0.